The van der Waals surface area contributed by atoms with Crippen LogP contribution >= 0.6 is 11.6 Å². The lowest BCUT2D eigenvalue weighted by atomic mass is 10.4. The Morgan fingerprint density at radius 2 is 2.40 bits per heavy atom. The summed E-state index contributed by atoms with van der Waals surface area (Å²) in [4.78, 5) is 6.10. The minimum absolute atomic E-state index is 0.146. The summed E-state index contributed by atoms with van der Waals surface area (Å²) in [5.74, 6) is -0.778. The molecule has 1 aromatic heterocycles. The smallest absolute Gasteiger partial charge is 0.238 e. The summed E-state index contributed by atoms with van der Waals surface area (Å²) in [5.41, 5.74) is -0.146. The predicted octanol–water partition coefficient (Wildman–Crippen LogP) is 2.42. The number of halogens is 2. The van der Waals surface area contributed by atoms with Crippen LogP contribution in [-0.2, 0) is 0 Å². The number of hydrogen-bond donors (Lipinski definition) is 0. The molecule has 0 radical (unpaired) electrons. The van der Waals surface area contributed by atoms with E-state index < -0.39 is 5.95 Å². The second-order valence-corrected chi connectivity index (χ2v) is 2.01. The first-order valence-corrected chi connectivity index (χ1v) is 2.80. The van der Waals surface area contributed by atoms with E-state index in [-0.39, 0.29) is 10.7 Å². The minimum atomic E-state index is -0.778. The second kappa shape index (κ2) is 2.63. The Hall–Kier alpha value is -1.14. The summed E-state index contributed by atoms with van der Waals surface area (Å²) in [6, 6.07) is 1.23. The van der Waals surface area contributed by atoms with Crippen LogP contribution in [0, 0.1) is 12.5 Å². The molecule has 0 aliphatic carbocycles. The van der Waals surface area contributed by atoms with Crippen LogP contribution in [0.2, 0.25) is 5.02 Å². The standard InChI is InChI=1S/C6H2ClFN2/c1-9-5-2-4(7)3-10-6(5)8/h2-3H. The van der Waals surface area contributed by atoms with Gasteiger partial charge in [-0.1, -0.05) is 11.6 Å². The molecule has 0 aliphatic heterocycles. The fourth-order valence-corrected chi connectivity index (χ4v) is 0.642. The first kappa shape index (κ1) is 6.97. The van der Waals surface area contributed by atoms with E-state index in [1.54, 1.807) is 0 Å². The Labute approximate surface area is 62.1 Å². The van der Waals surface area contributed by atoms with Crippen LogP contribution in [0.15, 0.2) is 12.3 Å². The van der Waals surface area contributed by atoms with E-state index >= 15 is 0 Å². The summed E-state index contributed by atoms with van der Waals surface area (Å²) in [5, 5.41) is 0.271. The SMILES string of the molecule is [C-]#[N+]c1cc(Cl)cnc1F. The van der Waals surface area contributed by atoms with Crippen LogP contribution in [0.5, 0.6) is 0 Å². The zero-order valence-corrected chi connectivity index (χ0v) is 5.56. The molecule has 0 aromatic carbocycles. The maximum atomic E-state index is 12.4. The Morgan fingerprint density at radius 1 is 1.70 bits per heavy atom. The molecule has 0 N–H and O–H groups in total. The molecule has 10 heavy (non-hydrogen) atoms. The van der Waals surface area contributed by atoms with E-state index in [1.165, 1.54) is 6.07 Å². The molecule has 0 atom stereocenters. The van der Waals surface area contributed by atoms with Gasteiger partial charge in [0.15, 0.2) is 0 Å². The number of hydrogen-bond acceptors (Lipinski definition) is 1. The summed E-state index contributed by atoms with van der Waals surface area (Å²) in [6.45, 7) is 6.47. The van der Waals surface area contributed by atoms with Crippen molar-refractivity contribution in [2.75, 3.05) is 0 Å². The van der Waals surface area contributed by atoms with Crippen molar-refractivity contribution < 1.29 is 4.39 Å². The summed E-state index contributed by atoms with van der Waals surface area (Å²) >= 11 is 5.42. The molecule has 0 aliphatic rings. The Morgan fingerprint density at radius 3 is 2.90 bits per heavy atom. The Kier molecular flexibility index (Phi) is 1.83. The van der Waals surface area contributed by atoms with Gasteiger partial charge in [-0.05, 0) is 6.07 Å². The number of nitrogens with zero attached hydrogens (tertiary/aromatic N) is 2. The van der Waals surface area contributed by atoms with Gasteiger partial charge in [-0.3, -0.25) is 0 Å². The monoisotopic (exact) mass is 156 g/mol. The fraction of sp³-hybridized carbons (Fsp3) is 0. The van der Waals surface area contributed by atoms with Gasteiger partial charge < -0.3 is 0 Å². The van der Waals surface area contributed by atoms with Crippen LogP contribution in [0.3, 0.4) is 0 Å². The average molecular weight is 157 g/mol. The molecule has 2 nitrogen and oxygen atoms in total. The van der Waals surface area contributed by atoms with Gasteiger partial charge in [-0.2, -0.15) is 4.39 Å². The van der Waals surface area contributed by atoms with Crippen molar-refractivity contribution in [2.24, 2.45) is 0 Å². The predicted molar refractivity (Wildman–Crippen MR) is 35.5 cm³/mol. The summed E-state index contributed by atoms with van der Waals surface area (Å²) in [7, 11) is 0. The van der Waals surface area contributed by atoms with E-state index in [0.29, 0.717) is 0 Å². The molecule has 0 bridgehead atoms. The minimum Gasteiger partial charge on any atom is -0.238 e. The second-order valence-electron chi connectivity index (χ2n) is 1.58. The van der Waals surface area contributed by atoms with Crippen LogP contribution in [0.25, 0.3) is 4.85 Å². The molecule has 50 valence electrons. The van der Waals surface area contributed by atoms with Crippen molar-refractivity contribution >= 4 is 17.3 Å². The largest absolute Gasteiger partial charge is 0.242 e. The average Bonchev–Trinajstić information content (AvgIpc) is 1.94. The van der Waals surface area contributed by atoms with Gasteiger partial charge in [0.05, 0.1) is 6.57 Å². The van der Waals surface area contributed by atoms with Gasteiger partial charge in [-0.15, -0.1) is 0 Å². The number of rotatable bonds is 0. The van der Waals surface area contributed by atoms with Crippen molar-refractivity contribution in [2.45, 2.75) is 0 Å². The Bertz CT molecular complexity index is 292. The molecule has 0 spiro atoms. The zero-order chi connectivity index (χ0) is 7.56. The molecular formula is C6H2ClFN2. The van der Waals surface area contributed by atoms with Crippen molar-refractivity contribution in [1.29, 1.82) is 0 Å². The highest BCUT2D eigenvalue weighted by Crippen LogP contribution is 2.19. The van der Waals surface area contributed by atoms with Gasteiger partial charge >= 0.3 is 0 Å². The van der Waals surface area contributed by atoms with Gasteiger partial charge in [0.25, 0.3) is 0 Å². The van der Waals surface area contributed by atoms with Crippen molar-refractivity contribution in [3.63, 3.8) is 0 Å². The topological polar surface area (TPSA) is 17.2 Å². The maximum Gasteiger partial charge on any atom is 0.242 e. The van der Waals surface area contributed by atoms with Crippen molar-refractivity contribution in [1.82, 2.24) is 4.98 Å². The first-order valence-electron chi connectivity index (χ1n) is 2.42. The quantitative estimate of drug-likeness (QED) is 0.417. The molecule has 0 saturated carbocycles. The number of aromatic nitrogens is 1. The third kappa shape index (κ3) is 1.23. The summed E-state index contributed by atoms with van der Waals surface area (Å²) < 4.78 is 12.4. The molecule has 0 amide bonds. The molecule has 1 heterocycles. The van der Waals surface area contributed by atoms with E-state index in [9.17, 15) is 4.39 Å². The lowest BCUT2D eigenvalue weighted by Crippen LogP contribution is -1.79. The molecule has 4 heteroatoms. The third-order valence-electron chi connectivity index (χ3n) is 0.908. The molecule has 0 fully saturated rings. The summed E-state index contributed by atoms with van der Waals surface area (Å²) in [6.07, 6.45) is 1.16. The van der Waals surface area contributed by atoms with E-state index in [1.807, 2.05) is 0 Å². The van der Waals surface area contributed by atoms with Gasteiger partial charge in [0.1, 0.15) is 0 Å². The third-order valence-corrected chi connectivity index (χ3v) is 1.11. The Balaban J connectivity index is 3.25. The van der Waals surface area contributed by atoms with Gasteiger partial charge in [0.2, 0.25) is 11.6 Å². The van der Waals surface area contributed by atoms with Crippen LogP contribution < -0.4 is 0 Å². The zero-order valence-electron chi connectivity index (χ0n) is 4.81. The first-order chi connectivity index (χ1) is 4.74. The highest BCUT2D eigenvalue weighted by atomic mass is 35.5. The lowest BCUT2D eigenvalue weighted by Gasteiger charge is -1.90. The molecule has 1 rings (SSSR count). The fourth-order valence-electron chi connectivity index (χ4n) is 0.490. The molecule has 0 unspecified atom stereocenters. The molecule has 0 saturated heterocycles. The maximum absolute atomic E-state index is 12.4. The van der Waals surface area contributed by atoms with Crippen molar-refractivity contribution in [3.8, 4) is 0 Å². The van der Waals surface area contributed by atoms with Gasteiger partial charge in [0, 0.05) is 11.2 Å². The highest BCUT2D eigenvalue weighted by molar-refractivity contribution is 6.30. The van der Waals surface area contributed by atoms with E-state index in [4.69, 9.17) is 18.2 Å². The highest BCUT2D eigenvalue weighted by Gasteiger charge is 2.01. The van der Waals surface area contributed by atoms with Crippen LogP contribution in [-0.4, -0.2) is 4.98 Å². The molecular weight excluding hydrogens is 155 g/mol. The van der Waals surface area contributed by atoms with E-state index in [2.05, 4.69) is 9.83 Å². The van der Waals surface area contributed by atoms with Crippen LogP contribution in [0.1, 0.15) is 0 Å². The van der Waals surface area contributed by atoms with Crippen molar-refractivity contribution in [3.05, 3.63) is 34.7 Å². The van der Waals surface area contributed by atoms with E-state index in [0.717, 1.165) is 6.20 Å². The normalized spacial score (nSPS) is 8.90. The lowest BCUT2D eigenvalue weighted by molar-refractivity contribution is 0.590. The number of pyridine rings is 1. The molecule has 1 aromatic rings. The van der Waals surface area contributed by atoms with Crippen LogP contribution in [0.4, 0.5) is 10.1 Å². The van der Waals surface area contributed by atoms with Gasteiger partial charge in [-0.25, -0.2) is 9.83 Å².